The Bertz CT molecular complexity index is 1030. The van der Waals surface area contributed by atoms with E-state index in [9.17, 15) is 22.8 Å². The second kappa shape index (κ2) is 10.2. The lowest BCUT2D eigenvalue weighted by Gasteiger charge is -2.17. The Morgan fingerprint density at radius 1 is 1.10 bits per heavy atom. The number of amides is 1. The highest BCUT2D eigenvalue weighted by Crippen LogP contribution is 2.19. The quantitative estimate of drug-likeness (QED) is 0.427. The summed E-state index contributed by atoms with van der Waals surface area (Å²) in [5.41, 5.74) is 0. The molecular formula is C19H21ClN2O6S2. The molecule has 11 heteroatoms. The minimum absolute atomic E-state index is 0.0547. The Morgan fingerprint density at radius 3 is 2.33 bits per heavy atom. The Balaban J connectivity index is 1.96. The van der Waals surface area contributed by atoms with Crippen LogP contribution in [0.25, 0.3) is 0 Å². The normalized spacial score (nSPS) is 13.3. The van der Waals surface area contributed by atoms with Gasteiger partial charge in [-0.3, -0.25) is 14.4 Å². The molecule has 2 atom stereocenters. The smallest absolute Gasteiger partial charge is 0.324 e. The highest BCUT2D eigenvalue weighted by Gasteiger charge is 2.27. The minimum atomic E-state index is -3.97. The van der Waals surface area contributed by atoms with Gasteiger partial charge in [-0.05, 0) is 50.2 Å². The van der Waals surface area contributed by atoms with E-state index in [2.05, 4.69) is 10.0 Å². The molecule has 1 aromatic carbocycles. The van der Waals surface area contributed by atoms with Crippen molar-refractivity contribution in [3.05, 3.63) is 51.2 Å². The van der Waals surface area contributed by atoms with Crippen molar-refractivity contribution in [1.29, 1.82) is 0 Å². The van der Waals surface area contributed by atoms with E-state index in [1.807, 2.05) is 0 Å². The topological polar surface area (TPSA) is 119 Å². The summed E-state index contributed by atoms with van der Waals surface area (Å²) >= 11 is 6.93. The van der Waals surface area contributed by atoms with Gasteiger partial charge in [0.25, 0.3) is 0 Å². The molecule has 0 fully saturated rings. The van der Waals surface area contributed by atoms with Crippen LogP contribution in [0.2, 0.25) is 5.02 Å². The first-order valence-corrected chi connectivity index (χ1v) is 11.5. The van der Waals surface area contributed by atoms with Gasteiger partial charge in [-0.2, -0.15) is 4.72 Å². The van der Waals surface area contributed by atoms with Crippen LogP contribution in [0.3, 0.4) is 0 Å². The molecule has 30 heavy (non-hydrogen) atoms. The van der Waals surface area contributed by atoms with Crippen LogP contribution in [-0.4, -0.2) is 38.2 Å². The summed E-state index contributed by atoms with van der Waals surface area (Å²) in [6.45, 7) is 4.42. The average Bonchev–Trinajstić information content (AvgIpc) is 3.14. The Labute approximate surface area is 183 Å². The third-order valence-corrected chi connectivity index (χ3v) is 6.80. The SMILES string of the molecule is CC(=O)NCc1ccc(C(=O)C(C)OC(=O)[C@H](C)NS(=O)(=O)c2ccc(Cl)cc2)s1. The first-order chi connectivity index (χ1) is 14.0. The molecule has 1 heterocycles. The molecule has 0 spiro atoms. The molecule has 2 N–H and O–H groups in total. The summed E-state index contributed by atoms with van der Waals surface area (Å²) < 4.78 is 32.1. The van der Waals surface area contributed by atoms with Gasteiger partial charge in [0.1, 0.15) is 6.04 Å². The van der Waals surface area contributed by atoms with E-state index in [1.54, 1.807) is 12.1 Å². The number of nitrogens with one attached hydrogen (secondary N) is 2. The number of carbonyl (C=O) groups is 3. The summed E-state index contributed by atoms with van der Waals surface area (Å²) in [6.07, 6.45) is -1.10. The number of ether oxygens (including phenoxy) is 1. The number of hydrogen-bond acceptors (Lipinski definition) is 7. The summed E-state index contributed by atoms with van der Waals surface area (Å²) in [4.78, 5) is 36.8. The van der Waals surface area contributed by atoms with Crippen molar-refractivity contribution in [2.75, 3.05) is 0 Å². The van der Waals surface area contributed by atoms with Crippen molar-refractivity contribution in [3.8, 4) is 0 Å². The highest BCUT2D eigenvalue weighted by atomic mass is 35.5. The highest BCUT2D eigenvalue weighted by molar-refractivity contribution is 7.89. The van der Waals surface area contributed by atoms with Crippen LogP contribution in [0.1, 0.15) is 35.3 Å². The Morgan fingerprint density at radius 2 is 1.73 bits per heavy atom. The maximum atomic E-state index is 12.5. The molecule has 1 aromatic heterocycles. The van der Waals surface area contributed by atoms with E-state index in [0.29, 0.717) is 16.4 Å². The monoisotopic (exact) mass is 472 g/mol. The fraction of sp³-hybridized carbons (Fsp3) is 0.316. The molecule has 1 amide bonds. The van der Waals surface area contributed by atoms with Crippen molar-refractivity contribution < 1.29 is 27.5 Å². The van der Waals surface area contributed by atoms with Crippen LogP contribution in [0.5, 0.6) is 0 Å². The lowest BCUT2D eigenvalue weighted by atomic mass is 10.2. The molecule has 162 valence electrons. The largest absolute Gasteiger partial charge is 0.453 e. The first kappa shape index (κ1) is 24.0. The standard InChI is InChI=1S/C19H21ClN2O6S2/c1-11(22-30(26,27)16-7-4-14(20)5-8-16)19(25)28-12(2)18(24)17-9-6-15(29-17)10-21-13(3)23/h4-9,11-12,22H,10H2,1-3H3,(H,21,23)/t11-,12?/m0/s1. The maximum Gasteiger partial charge on any atom is 0.324 e. The number of hydrogen-bond donors (Lipinski definition) is 2. The van der Waals surface area contributed by atoms with E-state index in [4.69, 9.17) is 16.3 Å². The molecule has 0 aliphatic rings. The number of halogens is 1. The number of thiophene rings is 1. The van der Waals surface area contributed by atoms with Gasteiger partial charge in [0.15, 0.2) is 6.10 Å². The number of sulfonamides is 1. The lowest BCUT2D eigenvalue weighted by molar-refractivity contribution is -0.147. The number of rotatable bonds is 9. The molecule has 2 rings (SSSR count). The summed E-state index contributed by atoms with van der Waals surface area (Å²) in [5.74, 6) is -1.49. The molecular weight excluding hydrogens is 452 g/mol. The molecule has 8 nitrogen and oxygen atoms in total. The number of benzene rings is 1. The lowest BCUT2D eigenvalue weighted by Crippen LogP contribution is -2.41. The van der Waals surface area contributed by atoms with E-state index in [-0.39, 0.29) is 10.8 Å². The minimum Gasteiger partial charge on any atom is -0.453 e. The van der Waals surface area contributed by atoms with Crippen molar-refractivity contribution in [1.82, 2.24) is 10.0 Å². The van der Waals surface area contributed by atoms with Crippen LogP contribution < -0.4 is 10.0 Å². The fourth-order valence-electron chi connectivity index (χ4n) is 2.31. The van der Waals surface area contributed by atoms with Crippen molar-refractivity contribution >= 4 is 50.6 Å². The zero-order valence-corrected chi connectivity index (χ0v) is 18.9. The molecule has 0 aliphatic carbocycles. The number of ketones is 1. The van der Waals surface area contributed by atoms with Gasteiger partial charge in [-0.1, -0.05) is 11.6 Å². The molecule has 0 aliphatic heterocycles. The van der Waals surface area contributed by atoms with Gasteiger partial charge in [0.05, 0.1) is 16.3 Å². The molecule has 2 aromatic rings. The summed E-state index contributed by atoms with van der Waals surface area (Å²) in [5, 5.41) is 3.01. The van der Waals surface area contributed by atoms with E-state index in [1.165, 1.54) is 56.4 Å². The predicted molar refractivity (Wildman–Crippen MR) is 113 cm³/mol. The zero-order valence-electron chi connectivity index (χ0n) is 16.5. The maximum absolute atomic E-state index is 12.5. The van der Waals surface area contributed by atoms with Crippen molar-refractivity contribution in [3.63, 3.8) is 0 Å². The zero-order chi connectivity index (χ0) is 22.5. The van der Waals surface area contributed by atoms with Crippen LogP contribution in [0.4, 0.5) is 0 Å². The molecule has 0 radical (unpaired) electrons. The Hall–Kier alpha value is -2.27. The summed E-state index contributed by atoms with van der Waals surface area (Å²) in [7, 11) is -3.97. The summed E-state index contributed by atoms with van der Waals surface area (Å²) in [6, 6.07) is 7.53. The van der Waals surface area contributed by atoms with E-state index >= 15 is 0 Å². The number of carbonyl (C=O) groups excluding carboxylic acids is 3. The third-order valence-electron chi connectivity index (χ3n) is 3.89. The van der Waals surface area contributed by atoms with Crippen molar-refractivity contribution in [2.24, 2.45) is 0 Å². The van der Waals surface area contributed by atoms with Gasteiger partial charge >= 0.3 is 5.97 Å². The predicted octanol–water partition coefficient (Wildman–Crippen LogP) is 2.52. The second-order valence-corrected chi connectivity index (χ2v) is 9.73. The third kappa shape index (κ3) is 6.63. The molecule has 0 bridgehead atoms. The molecule has 1 unspecified atom stereocenters. The number of Topliss-reactive ketones (excluding diaryl/α,β-unsaturated/α-hetero) is 1. The van der Waals surface area contributed by atoms with Crippen LogP contribution in [0.15, 0.2) is 41.3 Å². The van der Waals surface area contributed by atoms with Crippen LogP contribution in [0, 0.1) is 0 Å². The molecule has 0 saturated carbocycles. The van der Waals surface area contributed by atoms with Gasteiger partial charge in [-0.15, -0.1) is 11.3 Å². The van der Waals surface area contributed by atoms with Gasteiger partial charge in [0.2, 0.25) is 21.7 Å². The average molecular weight is 473 g/mol. The Kier molecular flexibility index (Phi) is 8.13. The second-order valence-electron chi connectivity index (χ2n) is 6.42. The molecule has 0 saturated heterocycles. The van der Waals surface area contributed by atoms with Gasteiger partial charge in [0, 0.05) is 16.8 Å². The van der Waals surface area contributed by atoms with Crippen molar-refractivity contribution in [2.45, 2.75) is 44.4 Å². The number of esters is 1. The van der Waals surface area contributed by atoms with Crippen LogP contribution >= 0.6 is 22.9 Å². The van der Waals surface area contributed by atoms with Gasteiger partial charge < -0.3 is 10.1 Å². The van der Waals surface area contributed by atoms with Gasteiger partial charge in [-0.25, -0.2) is 8.42 Å². The fourth-order valence-corrected chi connectivity index (χ4v) is 4.59. The first-order valence-electron chi connectivity index (χ1n) is 8.85. The van der Waals surface area contributed by atoms with E-state index in [0.717, 1.165) is 4.88 Å². The van der Waals surface area contributed by atoms with E-state index < -0.39 is 33.9 Å². The van der Waals surface area contributed by atoms with Crippen LogP contribution in [-0.2, 0) is 30.9 Å².